The number of hydrogen-bond donors (Lipinski definition) is 2. The Labute approximate surface area is 201 Å². The average molecular weight is 451 g/mol. The minimum atomic E-state index is -0.0983. The molecule has 0 bridgehead atoms. The van der Waals surface area contributed by atoms with E-state index in [0.29, 0.717) is 12.1 Å². The molecule has 0 heterocycles. The highest BCUT2D eigenvalue weighted by Gasteiger charge is 2.08. The molecule has 0 aliphatic rings. The fraction of sp³-hybridized carbons (Fsp3) is 0.167. The van der Waals surface area contributed by atoms with E-state index in [-0.39, 0.29) is 11.7 Å². The molecule has 0 aromatic heterocycles. The molecular formula is C30H30N2O2. The van der Waals surface area contributed by atoms with Crippen molar-refractivity contribution in [3.8, 4) is 16.9 Å². The van der Waals surface area contributed by atoms with Crippen LogP contribution < -0.4 is 10.2 Å². The Morgan fingerprint density at radius 2 is 1.44 bits per heavy atom. The van der Waals surface area contributed by atoms with E-state index in [1.807, 2.05) is 54.6 Å². The zero-order valence-electron chi connectivity index (χ0n) is 19.4. The zero-order valence-corrected chi connectivity index (χ0v) is 19.4. The number of aromatic hydroxyl groups is 1. The SMILES string of the molecule is CN(CCCc1ccccc1)c1cccc(CNC(=O)c2ccc(-c3ccc(O)cc3)cc2)c1. The van der Waals surface area contributed by atoms with Gasteiger partial charge in [-0.05, 0) is 71.5 Å². The van der Waals surface area contributed by atoms with Gasteiger partial charge in [0, 0.05) is 31.4 Å². The molecule has 1 amide bonds. The number of nitrogens with one attached hydrogen (secondary N) is 1. The maximum Gasteiger partial charge on any atom is 0.251 e. The molecule has 4 nitrogen and oxygen atoms in total. The summed E-state index contributed by atoms with van der Waals surface area (Å²) in [7, 11) is 2.11. The predicted molar refractivity (Wildman–Crippen MR) is 139 cm³/mol. The van der Waals surface area contributed by atoms with E-state index in [0.717, 1.165) is 41.8 Å². The first-order valence-electron chi connectivity index (χ1n) is 11.6. The number of rotatable bonds is 9. The van der Waals surface area contributed by atoms with Crippen molar-refractivity contribution in [2.24, 2.45) is 0 Å². The van der Waals surface area contributed by atoms with E-state index < -0.39 is 0 Å². The van der Waals surface area contributed by atoms with Gasteiger partial charge in [0.25, 0.3) is 5.91 Å². The highest BCUT2D eigenvalue weighted by molar-refractivity contribution is 5.94. The maximum absolute atomic E-state index is 12.7. The molecule has 4 aromatic rings. The Morgan fingerprint density at radius 3 is 2.15 bits per heavy atom. The highest BCUT2D eigenvalue weighted by atomic mass is 16.3. The number of phenolic OH excluding ortho intramolecular Hbond substituents is 1. The lowest BCUT2D eigenvalue weighted by atomic mass is 10.0. The summed E-state index contributed by atoms with van der Waals surface area (Å²) < 4.78 is 0. The largest absolute Gasteiger partial charge is 0.508 e. The number of amides is 1. The molecule has 0 fully saturated rings. The van der Waals surface area contributed by atoms with Crippen LogP contribution in [0.1, 0.15) is 27.9 Å². The van der Waals surface area contributed by atoms with E-state index in [2.05, 4.69) is 53.7 Å². The minimum absolute atomic E-state index is 0.0983. The molecule has 0 atom stereocenters. The highest BCUT2D eigenvalue weighted by Crippen LogP contribution is 2.22. The number of nitrogens with zero attached hydrogens (tertiary/aromatic N) is 1. The van der Waals surface area contributed by atoms with Crippen molar-refractivity contribution in [1.29, 1.82) is 0 Å². The van der Waals surface area contributed by atoms with Crippen LogP contribution in [-0.4, -0.2) is 24.6 Å². The standard InChI is InChI=1S/C30H30N2O2/c1-32(20-6-10-23-7-3-2-4-8-23)28-11-5-9-24(21-28)22-31-30(34)27-14-12-25(13-15-27)26-16-18-29(33)19-17-26/h2-5,7-9,11-19,21,33H,6,10,20,22H2,1H3,(H,31,34). The number of anilines is 1. The van der Waals surface area contributed by atoms with E-state index in [9.17, 15) is 9.90 Å². The third-order valence-electron chi connectivity index (χ3n) is 5.95. The number of carbonyl (C=O) groups is 1. The summed E-state index contributed by atoms with van der Waals surface area (Å²) in [5, 5.41) is 12.5. The first-order valence-corrected chi connectivity index (χ1v) is 11.6. The van der Waals surface area contributed by atoms with Crippen LogP contribution in [-0.2, 0) is 13.0 Å². The van der Waals surface area contributed by atoms with Gasteiger partial charge in [-0.1, -0.05) is 66.7 Å². The molecule has 172 valence electrons. The summed E-state index contributed by atoms with van der Waals surface area (Å²) >= 11 is 0. The second-order valence-electron chi connectivity index (χ2n) is 8.49. The second-order valence-corrected chi connectivity index (χ2v) is 8.49. The summed E-state index contributed by atoms with van der Waals surface area (Å²) in [6.07, 6.45) is 2.15. The molecule has 4 heteroatoms. The number of hydrogen-bond acceptors (Lipinski definition) is 3. The van der Waals surface area contributed by atoms with Gasteiger partial charge in [-0.25, -0.2) is 0 Å². The lowest BCUT2D eigenvalue weighted by molar-refractivity contribution is 0.0951. The van der Waals surface area contributed by atoms with Crippen molar-refractivity contribution >= 4 is 11.6 Å². The summed E-state index contributed by atoms with van der Waals surface area (Å²) in [4.78, 5) is 14.9. The topological polar surface area (TPSA) is 52.6 Å². The molecule has 0 aliphatic carbocycles. The van der Waals surface area contributed by atoms with E-state index >= 15 is 0 Å². The molecule has 0 spiro atoms. The molecule has 4 rings (SSSR count). The number of carbonyl (C=O) groups excluding carboxylic acids is 1. The Morgan fingerprint density at radius 1 is 0.794 bits per heavy atom. The van der Waals surface area contributed by atoms with Gasteiger partial charge in [-0.2, -0.15) is 0 Å². The van der Waals surface area contributed by atoms with Gasteiger partial charge in [0.05, 0.1) is 0 Å². The van der Waals surface area contributed by atoms with Crippen molar-refractivity contribution in [2.45, 2.75) is 19.4 Å². The van der Waals surface area contributed by atoms with Crippen LogP contribution in [0.5, 0.6) is 5.75 Å². The van der Waals surface area contributed by atoms with Crippen molar-refractivity contribution in [2.75, 3.05) is 18.5 Å². The quantitative estimate of drug-likeness (QED) is 0.326. The number of benzene rings is 4. The Kier molecular flexibility index (Phi) is 7.61. The van der Waals surface area contributed by atoms with E-state index in [1.165, 1.54) is 5.56 Å². The maximum atomic E-state index is 12.7. The lowest BCUT2D eigenvalue weighted by Gasteiger charge is -2.20. The summed E-state index contributed by atoms with van der Waals surface area (Å²) in [6, 6.07) is 33.4. The summed E-state index contributed by atoms with van der Waals surface area (Å²) in [5.41, 5.74) is 6.20. The van der Waals surface area contributed by atoms with Crippen molar-refractivity contribution in [3.05, 3.63) is 120 Å². The van der Waals surface area contributed by atoms with Crippen molar-refractivity contribution in [1.82, 2.24) is 5.32 Å². The smallest absolute Gasteiger partial charge is 0.251 e. The fourth-order valence-electron chi connectivity index (χ4n) is 3.95. The van der Waals surface area contributed by atoms with Gasteiger partial charge in [-0.3, -0.25) is 4.79 Å². The van der Waals surface area contributed by atoms with Gasteiger partial charge in [0.2, 0.25) is 0 Å². The number of aryl methyl sites for hydroxylation is 1. The molecule has 0 radical (unpaired) electrons. The fourth-order valence-corrected chi connectivity index (χ4v) is 3.95. The summed E-state index contributed by atoms with van der Waals surface area (Å²) in [5.74, 6) is 0.140. The van der Waals surface area contributed by atoms with Crippen LogP contribution in [0.3, 0.4) is 0 Å². The van der Waals surface area contributed by atoms with Crippen LogP contribution >= 0.6 is 0 Å². The first-order chi connectivity index (χ1) is 16.6. The minimum Gasteiger partial charge on any atom is -0.508 e. The normalized spacial score (nSPS) is 10.6. The second kappa shape index (κ2) is 11.2. The van der Waals surface area contributed by atoms with Gasteiger partial charge < -0.3 is 15.3 Å². The van der Waals surface area contributed by atoms with Crippen molar-refractivity contribution < 1.29 is 9.90 Å². The molecular weight excluding hydrogens is 420 g/mol. The third-order valence-corrected chi connectivity index (χ3v) is 5.95. The van der Waals surface area contributed by atoms with Crippen LogP contribution in [0.4, 0.5) is 5.69 Å². The van der Waals surface area contributed by atoms with Crippen LogP contribution in [0, 0.1) is 0 Å². The molecule has 0 unspecified atom stereocenters. The first kappa shape index (κ1) is 23.1. The van der Waals surface area contributed by atoms with E-state index in [4.69, 9.17) is 0 Å². The predicted octanol–water partition coefficient (Wildman–Crippen LogP) is 6.06. The van der Waals surface area contributed by atoms with Gasteiger partial charge >= 0.3 is 0 Å². The van der Waals surface area contributed by atoms with Crippen LogP contribution in [0.25, 0.3) is 11.1 Å². The zero-order chi connectivity index (χ0) is 23.8. The van der Waals surface area contributed by atoms with Gasteiger partial charge in [0.1, 0.15) is 5.75 Å². The van der Waals surface area contributed by atoms with Gasteiger partial charge in [-0.15, -0.1) is 0 Å². The van der Waals surface area contributed by atoms with Crippen LogP contribution in [0.2, 0.25) is 0 Å². The monoisotopic (exact) mass is 450 g/mol. The molecule has 4 aromatic carbocycles. The van der Waals surface area contributed by atoms with E-state index in [1.54, 1.807) is 12.1 Å². The Balaban J connectivity index is 1.29. The average Bonchev–Trinajstić information content (AvgIpc) is 2.88. The van der Waals surface area contributed by atoms with Crippen LogP contribution in [0.15, 0.2) is 103 Å². The third kappa shape index (κ3) is 6.26. The molecule has 0 aliphatic heterocycles. The number of phenols is 1. The Bertz CT molecular complexity index is 1200. The Hall–Kier alpha value is -4.05. The van der Waals surface area contributed by atoms with Gasteiger partial charge in [0.15, 0.2) is 0 Å². The van der Waals surface area contributed by atoms with Crippen molar-refractivity contribution in [3.63, 3.8) is 0 Å². The lowest BCUT2D eigenvalue weighted by Crippen LogP contribution is -2.23. The molecule has 34 heavy (non-hydrogen) atoms. The summed E-state index contributed by atoms with van der Waals surface area (Å²) in [6.45, 7) is 1.45. The molecule has 0 saturated carbocycles. The molecule has 2 N–H and O–H groups in total. The molecule has 0 saturated heterocycles.